The number of methoxy groups -OCH3 is 1. The van der Waals surface area contributed by atoms with Gasteiger partial charge in [-0.3, -0.25) is 0 Å². The number of nitrogens with one attached hydrogen (secondary N) is 2. The van der Waals surface area contributed by atoms with E-state index in [2.05, 4.69) is 111 Å². The van der Waals surface area contributed by atoms with Gasteiger partial charge in [0.05, 0.1) is 20.3 Å². The lowest BCUT2D eigenvalue weighted by molar-refractivity contribution is 0.0788. The third-order valence-electron chi connectivity index (χ3n) is 14.4. The van der Waals surface area contributed by atoms with Crippen molar-refractivity contribution >= 4 is 49.4 Å². The number of piperidine rings is 3. The number of nitrogens with zero attached hydrogens (tertiary/aromatic N) is 5. The predicted molar refractivity (Wildman–Crippen MR) is 343 cm³/mol. The van der Waals surface area contributed by atoms with Crippen LogP contribution in [0.25, 0.3) is 0 Å². The molecule has 3 saturated heterocycles. The molecule has 0 spiro atoms. The Kier molecular flexibility index (Phi) is 33.2. The van der Waals surface area contributed by atoms with Crippen LogP contribution in [0.4, 0.5) is 22.8 Å². The van der Waals surface area contributed by atoms with Crippen molar-refractivity contribution in [3.8, 4) is 11.5 Å². The molecular weight excluding hydrogens is 1270 g/mol. The lowest BCUT2D eigenvalue weighted by Gasteiger charge is -2.37. The number of ether oxygens (including phenoxy) is 3. The minimum atomic E-state index is -0.316. The molecule has 0 atom stereocenters. The average molecular weight is 1360 g/mol. The Balaban J connectivity index is 0.000000246. The Hall–Kier alpha value is -4.71. The molecule has 3 fully saturated rings. The van der Waals surface area contributed by atoms with E-state index in [-0.39, 0.29) is 41.7 Å². The third kappa shape index (κ3) is 27.3. The van der Waals surface area contributed by atoms with E-state index < -0.39 is 0 Å². The highest BCUT2D eigenvalue weighted by Crippen LogP contribution is 2.22. The molecule has 0 radical (unpaired) electrons. The predicted octanol–water partition coefficient (Wildman–Crippen LogP) is 13.1. The van der Waals surface area contributed by atoms with E-state index in [1.165, 1.54) is 69.4 Å². The van der Waals surface area contributed by atoms with Crippen LogP contribution in [-0.2, 0) is 37.5 Å². The fourth-order valence-corrected chi connectivity index (χ4v) is 9.32. The number of carbonyl (C=O) groups is 2. The first-order chi connectivity index (χ1) is 39.5. The number of amides is 3. The molecule has 82 heavy (non-hydrogen) atoms. The van der Waals surface area contributed by atoms with Gasteiger partial charge in [-0.1, -0.05) is 88.4 Å². The van der Waals surface area contributed by atoms with Crippen molar-refractivity contribution in [2.75, 3.05) is 80.7 Å². The molecule has 452 valence electrons. The van der Waals surface area contributed by atoms with Crippen LogP contribution >= 0.6 is 37.2 Å². The number of hydrogen-bond acceptors (Lipinski definition) is 10. The average Bonchev–Trinajstić information content (AvgIpc) is 3.52. The summed E-state index contributed by atoms with van der Waals surface area (Å²) < 4.78 is 55.1. The van der Waals surface area contributed by atoms with Crippen LogP contribution in [0, 0.1) is 29.3 Å². The van der Waals surface area contributed by atoms with Crippen LogP contribution in [0.1, 0.15) is 94.0 Å². The molecule has 0 saturated carbocycles. The molecule has 8 rings (SSSR count). The first-order valence-corrected chi connectivity index (χ1v) is 34.9. The van der Waals surface area contributed by atoms with Crippen LogP contribution in [-0.4, -0.2) is 135 Å². The summed E-state index contributed by atoms with van der Waals surface area (Å²) in [7, 11) is 7.75. The summed E-state index contributed by atoms with van der Waals surface area (Å²) in [5, 5.41) is 6.60. The van der Waals surface area contributed by atoms with E-state index in [0.29, 0.717) is 50.7 Å². The quantitative estimate of drug-likeness (QED) is 0.0730. The van der Waals surface area contributed by atoms with Crippen molar-refractivity contribution in [1.82, 2.24) is 35.1 Å². The molecule has 0 aliphatic carbocycles. The molecular formula is C64H91F3I2N8O5. The highest BCUT2D eigenvalue weighted by molar-refractivity contribution is 15.0. The van der Waals surface area contributed by atoms with E-state index in [4.69, 9.17) is 19.9 Å². The summed E-state index contributed by atoms with van der Waals surface area (Å²) in [6, 6.07) is 36.0. The van der Waals surface area contributed by atoms with E-state index >= 15 is 0 Å². The normalized spacial score (nSPS) is 15.3. The molecule has 5 aromatic carbocycles. The van der Waals surface area contributed by atoms with Gasteiger partial charge < -0.3 is 55.1 Å². The van der Waals surface area contributed by atoms with Crippen molar-refractivity contribution < 1.29 is 37.0 Å². The maximum absolute atomic E-state index is 13.3. The molecule has 3 aliphatic rings. The van der Waals surface area contributed by atoms with Crippen molar-refractivity contribution in [1.29, 1.82) is 0 Å². The van der Waals surface area contributed by atoms with Gasteiger partial charge in [-0.05, 0) is 199 Å². The van der Waals surface area contributed by atoms with Crippen LogP contribution in [0.3, 0.4) is 0 Å². The summed E-state index contributed by atoms with van der Waals surface area (Å²) in [5.74, 6) is 2.11. The first kappa shape index (κ1) is 69.8. The number of carbonyl (C=O) groups excluding carboxylic acids is 2. The Bertz CT molecular complexity index is 2500. The molecule has 0 unspecified atom stereocenters. The number of halogens is 5. The second kappa shape index (κ2) is 39.0. The molecule has 4 N–H and O–H groups in total. The topological polar surface area (TPSA) is 128 Å². The number of benzene rings is 5. The number of likely N-dealkylation sites (tertiary alicyclic amines) is 3. The number of nitrogens with two attached hydrogens (primary N) is 1. The summed E-state index contributed by atoms with van der Waals surface area (Å²) in [5.41, 5.74) is 10.6. The van der Waals surface area contributed by atoms with Gasteiger partial charge in [0, 0.05) is 88.1 Å². The summed E-state index contributed by atoms with van der Waals surface area (Å²) in [6.45, 7) is 19.0. The van der Waals surface area contributed by atoms with Gasteiger partial charge >= 0.3 is 12.1 Å². The van der Waals surface area contributed by atoms with Crippen molar-refractivity contribution in [2.24, 2.45) is 17.6 Å². The lowest BCUT2D eigenvalue weighted by atomic mass is 10.0. The van der Waals surface area contributed by atoms with E-state index in [1.807, 2.05) is 65.6 Å². The lowest BCUT2D eigenvalue weighted by Crippen LogP contribution is -2.49. The minimum Gasteiger partial charge on any atom is -0.493 e. The summed E-state index contributed by atoms with van der Waals surface area (Å²) in [4.78, 5) is 35.6. The smallest absolute Gasteiger partial charge is 0.410 e. The van der Waals surface area contributed by atoms with E-state index in [1.54, 1.807) is 29.2 Å². The second-order valence-corrected chi connectivity index (χ2v) is 22.2. The molecule has 18 heteroatoms. The van der Waals surface area contributed by atoms with Crippen LogP contribution < -0.4 is 25.8 Å². The Morgan fingerprint density at radius 2 is 0.878 bits per heavy atom. The minimum absolute atomic E-state index is 0.0842. The van der Waals surface area contributed by atoms with Crippen LogP contribution in [0.15, 0.2) is 121 Å². The second-order valence-electron chi connectivity index (χ2n) is 22.2. The molecule has 3 amide bonds. The molecule has 13 nitrogen and oxygen atoms in total. The van der Waals surface area contributed by atoms with Gasteiger partial charge in [-0.25, -0.2) is 22.8 Å². The Labute approximate surface area is 511 Å². The standard InChI is InChI=1S/C25H34FN3O2.C15H21FN2O2.C13H19FN2.C11H17NO.I2/c1-19(2)18-31-24-10-6-20(7-11-24)16-27-25(30)29(23-12-14-28(3)15-13-23)17-21-4-8-22(26)9-5-21;1-17-9-7-14(8-10-17)18(15(19)20-2)11-12-3-5-13(16)6-4-12;1-16-8-6-13(7-9-16)15-10-11-2-4-12(14)5-3-11;1-9(2)8-13-11-5-3-10(7-12)4-6-11;1-2/h4-11,19,23H,12-18H2,1-3H3,(H,27,30);3-6,14H,7-11H2,1-2H3;2-5,13,15H,6-10H2,1H3;3-6,9H,7-8,12H2,1-2H3;. The zero-order valence-corrected chi connectivity index (χ0v) is 53.9. The SMILES string of the molecule is CC(C)COc1ccc(CN)cc1.CC(C)COc1ccc(CNC(=O)N(Cc2ccc(F)cc2)C2CCN(C)CC2)cc1.CN1CCC(NCc2ccc(F)cc2)CC1.COC(=O)N(Cc1ccc(F)cc1)C1CCN(C)CC1.II. The Morgan fingerprint density at radius 3 is 1.27 bits per heavy atom. The molecule has 5 aromatic rings. The Morgan fingerprint density at radius 1 is 0.537 bits per heavy atom. The van der Waals surface area contributed by atoms with Crippen LogP contribution in [0.2, 0.25) is 0 Å². The summed E-state index contributed by atoms with van der Waals surface area (Å²) in [6.07, 6.45) is 5.85. The third-order valence-corrected chi connectivity index (χ3v) is 14.4. The zero-order chi connectivity index (χ0) is 59.8. The fourth-order valence-electron chi connectivity index (χ4n) is 9.32. The number of urea groups is 1. The highest BCUT2D eigenvalue weighted by atomic mass is 128. The molecule has 0 aromatic heterocycles. The van der Waals surface area contributed by atoms with Crippen molar-refractivity contribution in [3.05, 3.63) is 167 Å². The monoisotopic (exact) mass is 1360 g/mol. The zero-order valence-electron chi connectivity index (χ0n) is 49.6. The number of rotatable bonds is 18. The van der Waals surface area contributed by atoms with Crippen LogP contribution in [0.5, 0.6) is 11.5 Å². The van der Waals surface area contributed by atoms with E-state index in [0.717, 1.165) is 104 Å². The van der Waals surface area contributed by atoms with Crippen molar-refractivity contribution in [2.45, 2.75) is 117 Å². The molecule has 0 bridgehead atoms. The largest absolute Gasteiger partial charge is 0.493 e. The molecule has 3 heterocycles. The van der Waals surface area contributed by atoms with Gasteiger partial charge in [-0.2, -0.15) is 0 Å². The van der Waals surface area contributed by atoms with Gasteiger partial charge in [0.2, 0.25) is 0 Å². The maximum Gasteiger partial charge on any atom is 0.410 e. The highest BCUT2D eigenvalue weighted by Gasteiger charge is 2.29. The van der Waals surface area contributed by atoms with Gasteiger partial charge in [0.15, 0.2) is 0 Å². The fraction of sp³-hybridized carbons (Fsp3) is 0.500. The van der Waals surface area contributed by atoms with Gasteiger partial charge in [-0.15, -0.1) is 0 Å². The maximum atomic E-state index is 13.3. The number of hydrogen-bond donors (Lipinski definition) is 3. The van der Waals surface area contributed by atoms with Gasteiger partial charge in [0.1, 0.15) is 29.0 Å². The van der Waals surface area contributed by atoms with Crippen molar-refractivity contribution in [3.63, 3.8) is 0 Å². The first-order valence-electron chi connectivity index (χ1n) is 28.7. The van der Waals surface area contributed by atoms with E-state index in [9.17, 15) is 22.8 Å². The summed E-state index contributed by atoms with van der Waals surface area (Å²) >= 11 is 4.24. The van der Waals surface area contributed by atoms with Gasteiger partial charge in [0.25, 0.3) is 0 Å². The molecule has 3 aliphatic heterocycles.